The van der Waals surface area contributed by atoms with E-state index in [0.717, 1.165) is 11.1 Å². The van der Waals surface area contributed by atoms with Crippen molar-refractivity contribution in [2.75, 3.05) is 11.6 Å². The van der Waals surface area contributed by atoms with E-state index >= 15 is 0 Å². The van der Waals surface area contributed by atoms with Gasteiger partial charge in [-0.05, 0) is 19.1 Å². The molecule has 1 aromatic carbocycles. The first-order chi connectivity index (χ1) is 8.35. The molecule has 17 heavy (non-hydrogen) atoms. The van der Waals surface area contributed by atoms with Gasteiger partial charge in [-0.25, -0.2) is 5.01 Å². The number of hydrogen-bond donors (Lipinski definition) is 0. The fourth-order valence-electron chi connectivity index (χ4n) is 1.47. The lowest BCUT2D eigenvalue weighted by Gasteiger charge is -2.11. The summed E-state index contributed by atoms with van der Waals surface area (Å²) in [4.78, 5) is 4.32. The van der Waals surface area contributed by atoms with E-state index in [1.54, 1.807) is 11.2 Å². The van der Waals surface area contributed by atoms with Crippen molar-refractivity contribution in [1.29, 1.82) is 5.26 Å². The Morgan fingerprint density at radius 1 is 1.53 bits per heavy atom. The van der Waals surface area contributed by atoms with E-state index in [4.69, 9.17) is 9.68 Å². The van der Waals surface area contributed by atoms with Crippen molar-refractivity contribution in [3.63, 3.8) is 0 Å². The Kier molecular flexibility index (Phi) is 3.36. The molecule has 0 unspecified atom stereocenters. The maximum Gasteiger partial charge on any atom is 0.319 e. The smallest absolute Gasteiger partial charge is 0.319 e. The number of para-hydroxylation sites is 2. The molecule has 86 valence electrons. The number of aromatic nitrogens is 1. The predicted octanol–water partition coefficient (Wildman–Crippen LogP) is 2.55. The SMILES string of the molecule is C/C=N\N(CCC#N)c1nc2ccccc2o1. The van der Waals surface area contributed by atoms with Crippen molar-refractivity contribution in [3.8, 4) is 6.07 Å². The Labute approximate surface area is 99.0 Å². The summed E-state index contributed by atoms with van der Waals surface area (Å²) in [6.45, 7) is 2.27. The highest BCUT2D eigenvalue weighted by atomic mass is 16.4. The van der Waals surface area contributed by atoms with Gasteiger partial charge in [0.15, 0.2) is 5.58 Å². The number of nitrogens with zero attached hydrogens (tertiary/aromatic N) is 4. The molecule has 0 atom stereocenters. The molecule has 0 amide bonds. The Balaban J connectivity index is 2.31. The molecular formula is C12H12N4O. The fourth-order valence-corrected chi connectivity index (χ4v) is 1.47. The summed E-state index contributed by atoms with van der Waals surface area (Å²) in [6.07, 6.45) is 2.02. The summed E-state index contributed by atoms with van der Waals surface area (Å²) in [6, 6.07) is 10.0. The van der Waals surface area contributed by atoms with Gasteiger partial charge in [-0.1, -0.05) is 12.1 Å². The van der Waals surface area contributed by atoms with Crippen molar-refractivity contribution < 1.29 is 4.42 Å². The quantitative estimate of drug-likeness (QED) is 0.595. The van der Waals surface area contributed by atoms with Gasteiger partial charge >= 0.3 is 6.01 Å². The minimum absolute atomic E-state index is 0.371. The lowest BCUT2D eigenvalue weighted by molar-refractivity contribution is 0.574. The highest BCUT2D eigenvalue weighted by Gasteiger charge is 2.12. The molecule has 0 saturated heterocycles. The first-order valence-electron chi connectivity index (χ1n) is 5.34. The Hall–Kier alpha value is -2.35. The molecule has 2 rings (SSSR count). The van der Waals surface area contributed by atoms with Crippen molar-refractivity contribution in [3.05, 3.63) is 24.3 Å². The molecule has 0 saturated carbocycles. The zero-order valence-electron chi connectivity index (χ0n) is 9.50. The monoisotopic (exact) mass is 228 g/mol. The van der Waals surface area contributed by atoms with Gasteiger partial charge in [0, 0.05) is 6.21 Å². The lowest BCUT2D eigenvalue weighted by atomic mass is 10.3. The van der Waals surface area contributed by atoms with E-state index in [0.29, 0.717) is 19.0 Å². The average Bonchev–Trinajstić information content (AvgIpc) is 2.78. The van der Waals surface area contributed by atoms with Crippen LogP contribution in [0.15, 0.2) is 33.8 Å². The topological polar surface area (TPSA) is 65.4 Å². The van der Waals surface area contributed by atoms with Crippen LogP contribution in [0.4, 0.5) is 6.01 Å². The van der Waals surface area contributed by atoms with Crippen molar-refractivity contribution in [2.45, 2.75) is 13.3 Å². The number of hydrazone groups is 1. The van der Waals surface area contributed by atoms with Crippen LogP contribution in [-0.2, 0) is 0 Å². The summed E-state index contributed by atoms with van der Waals surface area (Å²) < 4.78 is 5.57. The van der Waals surface area contributed by atoms with E-state index < -0.39 is 0 Å². The third-order valence-corrected chi connectivity index (χ3v) is 2.19. The number of fused-ring (bicyclic) bond motifs is 1. The molecule has 2 aromatic rings. The number of rotatable bonds is 4. The number of benzene rings is 1. The first-order valence-corrected chi connectivity index (χ1v) is 5.34. The minimum atomic E-state index is 0.371. The Morgan fingerprint density at radius 2 is 2.35 bits per heavy atom. The molecule has 0 fully saturated rings. The van der Waals surface area contributed by atoms with Gasteiger partial charge in [0.1, 0.15) is 5.52 Å². The molecule has 0 aliphatic carbocycles. The van der Waals surface area contributed by atoms with E-state index in [9.17, 15) is 0 Å². The molecule has 5 heteroatoms. The molecule has 0 radical (unpaired) electrons. The molecular weight excluding hydrogens is 216 g/mol. The zero-order chi connectivity index (χ0) is 12.1. The highest BCUT2D eigenvalue weighted by molar-refractivity contribution is 5.74. The molecule has 1 aromatic heterocycles. The van der Waals surface area contributed by atoms with Gasteiger partial charge in [-0.2, -0.15) is 15.3 Å². The molecule has 0 N–H and O–H groups in total. The van der Waals surface area contributed by atoms with Gasteiger partial charge < -0.3 is 4.42 Å². The second kappa shape index (κ2) is 5.12. The normalized spacial score (nSPS) is 10.8. The predicted molar refractivity (Wildman–Crippen MR) is 65.8 cm³/mol. The molecule has 0 aliphatic heterocycles. The van der Waals surface area contributed by atoms with Crippen LogP contribution in [0.25, 0.3) is 11.1 Å². The van der Waals surface area contributed by atoms with Crippen LogP contribution >= 0.6 is 0 Å². The van der Waals surface area contributed by atoms with Crippen LogP contribution in [0.3, 0.4) is 0 Å². The van der Waals surface area contributed by atoms with Crippen LogP contribution in [0, 0.1) is 11.3 Å². The van der Waals surface area contributed by atoms with Crippen LogP contribution in [-0.4, -0.2) is 17.7 Å². The maximum absolute atomic E-state index is 8.59. The molecule has 5 nitrogen and oxygen atoms in total. The number of hydrogen-bond acceptors (Lipinski definition) is 5. The van der Waals surface area contributed by atoms with Gasteiger partial charge in [-0.15, -0.1) is 0 Å². The second-order valence-corrected chi connectivity index (χ2v) is 3.37. The van der Waals surface area contributed by atoms with Crippen molar-refractivity contribution in [1.82, 2.24) is 4.98 Å². The molecule has 0 spiro atoms. The number of nitriles is 1. The number of oxazole rings is 1. The first kappa shape index (κ1) is 11.1. The zero-order valence-corrected chi connectivity index (χ0v) is 9.50. The summed E-state index contributed by atoms with van der Waals surface area (Å²) >= 11 is 0. The van der Waals surface area contributed by atoms with Crippen LogP contribution in [0.5, 0.6) is 0 Å². The molecule has 1 heterocycles. The van der Waals surface area contributed by atoms with Crippen LogP contribution in [0.1, 0.15) is 13.3 Å². The summed E-state index contributed by atoms with van der Waals surface area (Å²) in [5.41, 5.74) is 1.51. The summed E-state index contributed by atoms with van der Waals surface area (Å²) in [7, 11) is 0. The average molecular weight is 228 g/mol. The van der Waals surface area contributed by atoms with Crippen LogP contribution in [0.2, 0.25) is 0 Å². The van der Waals surface area contributed by atoms with E-state index in [1.807, 2.05) is 31.2 Å². The minimum Gasteiger partial charge on any atom is -0.422 e. The van der Waals surface area contributed by atoms with Crippen LogP contribution < -0.4 is 5.01 Å². The largest absolute Gasteiger partial charge is 0.422 e. The van der Waals surface area contributed by atoms with Crippen molar-refractivity contribution >= 4 is 23.3 Å². The maximum atomic E-state index is 8.59. The van der Waals surface area contributed by atoms with E-state index in [-0.39, 0.29) is 0 Å². The lowest BCUT2D eigenvalue weighted by Crippen LogP contribution is -2.17. The molecule has 0 bridgehead atoms. The van der Waals surface area contributed by atoms with Gasteiger partial charge in [0.2, 0.25) is 0 Å². The standard InChI is InChI=1S/C12H12N4O/c1-2-14-16(9-5-8-13)12-15-10-6-3-4-7-11(10)17-12/h2-4,6-7H,5,9H2,1H3/b14-2-. The third-order valence-electron chi connectivity index (χ3n) is 2.19. The van der Waals surface area contributed by atoms with E-state index in [2.05, 4.69) is 16.2 Å². The van der Waals surface area contributed by atoms with Gasteiger partial charge in [-0.3, -0.25) is 0 Å². The van der Waals surface area contributed by atoms with Gasteiger partial charge in [0.05, 0.1) is 19.0 Å². The van der Waals surface area contributed by atoms with Crippen molar-refractivity contribution in [2.24, 2.45) is 5.10 Å². The molecule has 0 aliphatic rings. The second-order valence-electron chi connectivity index (χ2n) is 3.37. The van der Waals surface area contributed by atoms with E-state index in [1.165, 1.54) is 0 Å². The summed E-state index contributed by atoms with van der Waals surface area (Å²) in [5.74, 6) is 0. The van der Waals surface area contributed by atoms with Gasteiger partial charge in [0.25, 0.3) is 0 Å². The Morgan fingerprint density at radius 3 is 3.06 bits per heavy atom. The summed E-state index contributed by atoms with van der Waals surface area (Å²) in [5, 5.41) is 14.3. The number of anilines is 1. The third kappa shape index (κ3) is 2.42. The fraction of sp³-hybridized carbons (Fsp3) is 0.250. The highest BCUT2D eigenvalue weighted by Crippen LogP contribution is 2.21. The Bertz CT molecular complexity index is 534.